The zero-order chi connectivity index (χ0) is 14.8. The molecule has 0 radical (unpaired) electrons. The molecule has 0 unspecified atom stereocenters. The normalized spacial score (nSPS) is 17.0. The van der Waals surface area contributed by atoms with Crippen molar-refractivity contribution in [1.29, 1.82) is 0 Å². The number of ether oxygens (including phenoxy) is 2. The maximum atomic E-state index is 13.0. The summed E-state index contributed by atoms with van der Waals surface area (Å²) in [6.45, 7) is 2.08. The van der Waals surface area contributed by atoms with Crippen LogP contribution in [-0.4, -0.2) is 20.0 Å². The number of ketones is 1. The molecule has 0 aromatic heterocycles. The maximum Gasteiger partial charge on any atom is 0.172 e. The van der Waals surface area contributed by atoms with Crippen molar-refractivity contribution < 1.29 is 14.3 Å². The summed E-state index contributed by atoms with van der Waals surface area (Å²) in [5, 5.41) is 0.366. The maximum absolute atomic E-state index is 13.0. The third-order valence-electron chi connectivity index (χ3n) is 4.45. The highest BCUT2D eigenvalue weighted by molar-refractivity contribution is 6.34. The summed E-state index contributed by atoms with van der Waals surface area (Å²) in [4.78, 5) is 13.0. The highest BCUT2D eigenvalue weighted by Gasteiger charge is 2.41. The molecule has 1 saturated carbocycles. The molecular weight excluding hydrogens is 276 g/mol. The fraction of sp³-hybridized carbons (Fsp3) is 0.562. The molecule has 4 heteroatoms. The lowest BCUT2D eigenvalue weighted by molar-refractivity contribution is 0.0788. The van der Waals surface area contributed by atoms with E-state index in [2.05, 4.69) is 6.92 Å². The standard InChI is InChI=1S/C16H21ClO3/c1-4-16(9-5-6-10-16)15(18)11-7-8-12(19-2)13(17)14(11)20-3/h7-8H,4-6,9-10H2,1-3H3. The van der Waals surface area contributed by atoms with E-state index >= 15 is 0 Å². The lowest BCUT2D eigenvalue weighted by Gasteiger charge is -2.27. The lowest BCUT2D eigenvalue weighted by Crippen LogP contribution is -2.27. The monoisotopic (exact) mass is 296 g/mol. The predicted molar refractivity (Wildman–Crippen MR) is 80.1 cm³/mol. The molecule has 0 aliphatic heterocycles. The summed E-state index contributed by atoms with van der Waals surface area (Å²) in [5.74, 6) is 1.10. The van der Waals surface area contributed by atoms with Gasteiger partial charge in [-0.15, -0.1) is 0 Å². The summed E-state index contributed by atoms with van der Waals surface area (Å²) >= 11 is 6.25. The van der Waals surface area contributed by atoms with Crippen molar-refractivity contribution in [3.8, 4) is 11.5 Å². The SMILES string of the molecule is CCC1(C(=O)c2ccc(OC)c(Cl)c2OC)CCCC1. The molecule has 0 N–H and O–H groups in total. The first kappa shape index (κ1) is 15.2. The Morgan fingerprint density at radius 2 is 1.90 bits per heavy atom. The van der Waals surface area contributed by atoms with Crippen LogP contribution in [0.1, 0.15) is 49.4 Å². The molecule has 110 valence electrons. The number of benzene rings is 1. The van der Waals surface area contributed by atoms with Gasteiger partial charge in [0.1, 0.15) is 10.8 Å². The van der Waals surface area contributed by atoms with Crippen LogP contribution >= 0.6 is 11.6 Å². The number of rotatable bonds is 5. The zero-order valence-electron chi connectivity index (χ0n) is 12.3. The Morgan fingerprint density at radius 3 is 2.40 bits per heavy atom. The van der Waals surface area contributed by atoms with Gasteiger partial charge in [-0.1, -0.05) is 31.4 Å². The van der Waals surface area contributed by atoms with E-state index in [9.17, 15) is 4.79 Å². The first-order valence-corrected chi connectivity index (χ1v) is 7.42. The van der Waals surface area contributed by atoms with Crippen molar-refractivity contribution in [2.45, 2.75) is 39.0 Å². The van der Waals surface area contributed by atoms with Crippen molar-refractivity contribution >= 4 is 17.4 Å². The van der Waals surface area contributed by atoms with E-state index in [-0.39, 0.29) is 11.2 Å². The second-order valence-corrected chi connectivity index (χ2v) is 5.71. The van der Waals surface area contributed by atoms with Gasteiger partial charge < -0.3 is 9.47 Å². The summed E-state index contributed by atoms with van der Waals surface area (Å²) < 4.78 is 10.5. The van der Waals surface area contributed by atoms with E-state index in [1.54, 1.807) is 19.2 Å². The van der Waals surface area contributed by atoms with Crippen molar-refractivity contribution in [3.05, 3.63) is 22.7 Å². The van der Waals surface area contributed by atoms with Crippen LogP contribution < -0.4 is 9.47 Å². The van der Waals surface area contributed by atoms with Gasteiger partial charge in [0.05, 0.1) is 19.8 Å². The molecule has 0 bridgehead atoms. The highest BCUT2D eigenvalue weighted by atomic mass is 35.5. The van der Waals surface area contributed by atoms with Gasteiger partial charge in [0.2, 0.25) is 0 Å². The number of hydrogen-bond donors (Lipinski definition) is 0. The Kier molecular flexibility index (Phi) is 4.59. The van der Waals surface area contributed by atoms with Gasteiger partial charge in [-0.25, -0.2) is 0 Å². The molecule has 1 aliphatic rings. The minimum Gasteiger partial charge on any atom is -0.495 e. The summed E-state index contributed by atoms with van der Waals surface area (Å²) in [6, 6.07) is 3.50. The van der Waals surface area contributed by atoms with Crippen molar-refractivity contribution in [2.24, 2.45) is 5.41 Å². The molecule has 1 aromatic rings. The van der Waals surface area contributed by atoms with Gasteiger partial charge in [0.25, 0.3) is 0 Å². The van der Waals surface area contributed by atoms with E-state index in [0.717, 1.165) is 32.1 Å². The fourth-order valence-corrected chi connectivity index (χ4v) is 3.47. The Morgan fingerprint density at radius 1 is 1.25 bits per heavy atom. The molecule has 0 heterocycles. The van der Waals surface area contributed by atoms with E-state index in [1.165, 1.54) is 7.11 Å². The Bertz CT molecular complexity index is 505. The predicted octanol–water partition coefficient (Wildman–Crippen LogP) is 4.51. The molecule has 1 aromatic carbocycles. The lowest BCUT2D eigenvalue weighted by atomic mass is 9.76. The summed E-state index contributed by atoms with van der Waals surface area (Å²) in [6.07, 6.45) is 5.00. The molecule has 3 nitrogen and oxygen atoms in total. The summed E-state index contributed by atoms with van der Waals surface area (Å²) in [5.41, 5.74) is 0.326. The molecular formula is C16H21ClO3. The number of Topliss-reactive ketones (excluding diaryl/α,β-unsaturated/α-hetero) is 1. The Labute approximate surface area is 125 Å². The minimum absolute atomic E-state index is 0.152. The molecule has 2 rings (SSSR count). The van der Waals surface area contributed by atoms with Crippen molar-refractivity contribution in [3.63, 3.8) is 0 Å². The molecule has 0 saturated heterocycles. The number of methoxy groups -OCH3 is 2. The third kappa shape index (κ3) is 2.39. The van der Waals surface area contributed by atoms with Gasteiger partial charge in [-0.2, -0.15) is 0 Å². The summed E-state index contributed by atoms with van der Waals surface area (Å²) in [7, 11) is 3.08. The largest absolute Gasteiger partial charge is 0.495 e. The average Bonchev–Trinajstić information content (AvgIpc) is 2.96. The smallest absolute Gasteiger partial charge is 0.172 e. The minimum atomic E-state index is -0.245. The van der Waals surface area contributed by atoms with Crippen LogP contribution in [-0.2, 0) is 0 Å². The van der Waals surface area contributed by atoms with E-state index in [0.29, 0.717) is 22.1 Å². The first-order valence-electron chi connectivity index (χ1n) is 7.05. The number of carbonyl (C=O) groups excluding carboxylic acids is 1. The van der Waals surface area contributed by atoms with E-state index in [1.807, 2.05) is 0 Å². The van der Waals surface area contributed by atoms with Gasteiger partial charge in [0.15, 0.2) is 11.5 Å². The second-order valence-electron chi connectivity index (χ2n) is 5.33. The number of halogens is 1. The van der Waals surface area contributed by atoms with Gasteiger partial charge in [-0.3, -0.25) is 4.79 Å². The third-order valence-corrected chi connectivity index (χ3v) is 4.81. The van der Waals surface area contributed by atoms with Gasteiger partial charge >= 0.3 is 0 Å². The quantitative estimate of drug-likeness (QED) is 0.750. The van der Waals surface area contributed by atoms with Crippen LogP contribution in [0.4, 0.5) is 0 Å². The van der Waals surface area contributed by atoms with Crippen molar-refractivity contribution in [1.82, 2.24) is 0 Å². The van der Waals surface area contributed by atoms with Crippen LogP contribution in [0.15, 0.2) is 12.1 Å². The first-order chi connectivity index (χ1) is 9.59. The molecule has 1 fully saturated rings. The molecule has 20 heavy (non-hydrogen) atoms. The molecule has 1 aliphatic carbocycles. The van der Waals surface area contributed by atoms with Crippen LogP contribution in [0, 0.1) is 5.41 Å². The van der Waals surface area contributed by atoms with Crippen LogP contribution in [0.25, 0.3) is 0 Å². The molecule has 0 amide bonds. The van der Waals surface area contributed by atoms with E-state index < -0.39 is 0 Å². The zero-order valence-corrected chi connectivity index (χ0v) is 13.0. The second kappa shape index (κ2) is 6.04. The van der Waals surface area contributed by atoms with Crippen LogP contribution in [0.2, 0.25) is 5.02 Å². The molecule has 0 spiro atoms. The Hall–Kier alpha value is -1.22. The Balaban J connectivity index is 2.47. The fourth-order valence-electron chi connectivity index (χ4n) is 3.15. The number of carbonyl (C=O) groups is 1. The van der Waals surface area contributed by atoms with Gasteiger partial charge in [0, 0.05) is 5.41 Å². The number of hydrogen-bond acceptors (Lipinski definition) is 3. The average molecular weight is 297 g/mol. The van der Waals surface area contributed by atoms with E-state index in [4.69, 9.17) is 21.1 Å². The highest BCUT2D eigenvalue weighted by Crippen LogP contribution is 2.46. The molecule has 0 atom stereocenters. The van der Waals surface area contributed by atoms with Crippen LogP contribution in [0.5, 0.6) is 11.5 Å². The van der Waals surface area contributed by atoms with Crippen LogP contribution in [0.3, 0.4) is 0 Å². The topological polar surface area (TPSA) is 35.5 Å². The van der Waals surface area contributed by atoms with Crippen molar-refractivity contribution in [2.75, 3.05) is 14.2 Å². The van der Waals surface area contributed by atoms with Gasteiger partial charge in [-0.05, 0) is 31.4 Å².